The van der Waals surface area contributed by atoms with Crippen LogP contribution in [0.2, 0.25) is 0 Å². The molecule has 17 heavy (non-hydrogen) atoms. The third-order valence-electron chi connectivity index (χ3n) is 3.57. The van der Waals surface area contributed by atoms with Crippen LogP contribution in [0.1, 0.15) is 33.1 Å². The highest BCUT2D eigenvalue weighted by molar-refractivity contribution is 5.43. The lowest BCUT2D eigenvalue weighted by Gasteiger charge is -2.31. The molecule has 0 N–H and O–H groups in total. The number of ether oxygens (including phenoxy) is 2. The van der Waals surface area contributed by atoms with Crippen LogP contribution in [-0.2, 0) is 9.47 Å². The van der Waals surface area contributed by atoms with Crippen molar-refractivity contribution < 1.29 is 9.47 Å². The second-order valence-electron chi connectivity index (χ2n) is 4.81. The largest absolute Gasteiger partial charge is 0.375 e. The molecule has 2 rings (SSSR count). The molecule has 0 aromatic carbocycles. The van der Waals surface area contributed by atoms with Crippen LogP contribution in [-0.4, -0.2) is 24.4 Å². The zero-order valence-electron chi connectivity index (χ0n) is 10.2. The van der Waals surface area contributed by atoms with Gasteiger partial charge in [0.15, 0.2) is 0 Å². The summed E-state index contributed by atoms with van der Waals surface area (Å²) in [5.74, 6) is 0. The summed E-state index contributed by atoms with van der Waals surface area (Å²) in [6, 6.07) is 3.92. The van der Waals surface area contributed by atoms with Gasteiger partial charge in [0.1, 0.15) is 23.8 Å². The molecule has 2 bridgehead atoms. The lowest BCUT2D eigenvalue weighted by molar-refractivity contribution is -0.0571. The molecule has 2 aliphatic rings. The highest BCUT2D eigenvalue weighted by atomic mass is 16.6. The van der Waals surface area contributed by atoms with Crippen molar-refractivity contribution in [2.45, 2.75) is 50.9 Å². The molecule has 90 valence electrons. The maximum Gasteiger partial charge on any atom is 0.131 e. The molecule has 3 atom stereocenters. The molecule has 0 aromatic heterocycles. The molecule has 0 unspecified atom stereocenters. The highest BCUT2D eigenvalue weighted by Gasteiger charge is 2.49. The third kappa shape index (κ3) is 2.07. The lowest BCUT2D eigenvalue weighted by atomic mass is 9.93. The second-order valence-corrected chi connectivity index (χ2v) is 4.81. The van der Waals surface area contributed by atoms with Gasteiger partial charge in [-0.15, -0.1) is 0 Å². The SMILES string of the molecule is CCO[C@@H]1C[C@]2(C)CCC(=C(C#N)C#N)[C@H]1O2. The molecule has 4 nitrogen and oxygen atoms in total. The quantitative estimate of drug-likeness (QED) is 0.683. The third-order valence-corrected chi connectivity index (χ3v) is 3.57. The van der Waals surface area contributed by atoms with E-state index < -0.39 is 0 Å². The van der Waals surface area contributed by atoms with Gasteiger partial charge in [0, 0.05) is 13.0 Å². The summed E-state index contributed by atoms with van der Waals surface area (Å²) in [5.41, 5.74) is 0.872. The van der Waals surface area contributed by atoms with Crippen molar-refractivity contribution in [1.29, 1.82) is 10.5 Å². The fourth-order valence-electron chi connectivity index (χ4n) is 2.76. The maximum atomic E-state index is 8.96. The number of allylic oxidation sites excluding steroid dienone is 1. The summed E-state index contributed by atoms with van der Waals surface area (Å²) in [6.45, 7) is 4.65. The van der Waals surface area contributed by atoms with Gasteiger partial charge < -0.3 is 9.47 Å². The lowest BCUT2D eigenvalue weighted by Crippen LogP contribution is -2.32. The molecular weight excluding hydrogens is 216 g/mol. The Bertz CT molecular complexity index is 414. The number of nitriles is 2. The summed E-state index contributed by atoms with van der Waals surface area (Å²) in [5, 5.41) is 17.9. The van der Waals surface area contributed by atoms with Crippen LogP contribution in [0.4, 0.5) is 0 Å². The van der Waals surface area contributed by atoms with Crippen molar-refractivity contribution in [2.24, 2.45) is 0 Å². The fraction of sp³-hybridized carbons (Fsp3) is 0.692. The summed E-state index contributed by atoms with van der Waals surface area (Å²) in [4.78, 5) is 0. The molecular formula is C13H16N2O2. The van der Waals surface area contributed by atoms with E-state index in [-0.39, 0.29) is 23.4 Å². The first-order chi connectivity index (χ1) is 8.13. The van der Waals surface area contributed by atoms with Gasteiger partial charge in [-0.2, -0.15) is 10.5 Å². The molecule has 0 aromatic rings. The van der Waals surface area contributed by atoms with Crippen LogP contribution in [0.5, 0.6) is 0 Å². The molecule has 0 radical (unpaired) electrons. The van der Waals surface area contributed by atoms with Crippen LogP contribution in [0.25, 0.3) is 0 Å². The smallest absolute Gasteiger partial charge is 0.131 e. The summed E-state index contributed by atoms with van der Waals surface area (Å²) in [7, 11) is 0. The fourth-order valence-corrected chi connectivity index (χ4v) is 2.76. The van der Waals surface area contributed by atoms with Crippen LogP contribution in [0.3, 0.4) is 0 Å². The van der Waals surface area contributed by atoms with E-state index in [1.54, 1.807) is 0 Å². The minimum atomic E-state index is -0.206. The van der Waals surface area contributed by atoms with E-state index in [9.17, 15) is 0 Å². The second kappa shape index (κ2) is 4.49. The zero-order valence-corrected chi connectivity index (χ0v) is 10.2. The topological polar surface area (TPSA) is 66.0 Å². The van der Waals surface area contributed by atoms with Crippen molar-refractivity contribution in [2.75, 3.05) is 6.61 Å². The van der Waals surface area contributed by atoms with Crippen LogP contribution < -0.4 is 0 Å². The monoisotopic (exact) mass is 232 g/mol. The molecule has 0 amide bonds. The van der Waals surface area contributed by atoms with Crippen LogP contribution >= 0.6 is 0 Å². The van der Waals surface area contributed by atoms with Crippen LogP contribution in [0, 0.1) is 22.7 Å². The summed E-state index contributed by atoms with van der Waals surface area (Å²) >= 11 is 0. The Morgan fingerprint density at radius 1 is 1.53 bits per heavy atom. The molecule has 2 fully saturated rings. The number of fused-ring (bicyclic) bond motifs is 2. The molecule has 0 aliphatic carbocycles. The number of hydrogen-bond acceptors (Lipinski definition) is 4. The molecule has 0 saturated carbocycles. The van der Waals surface area contributed by atoms with E-state index in [4.69, 9.17) is 20.0 Å². The van der Waals surface area contributed by atoms with Crippen molar-refractivity contribution in [3.8, 4) is 12.1 Å². The predicted octanol–water partition coefficient (Wildman–Crippen LogP) is 2.08. The molecule has 2 saturated heterocycles. The minimum Gasteiger partial charge on any atom is -0.375 e. The van der Waals surface area contributed by atoms with Gasteiger partial charge in [-0.25, -0.2) is 0 Å². The van der Waals surface area contributed by atoms with Crippen molar-refractivity contribution in [3.05, 3.63) is 11.1 Å². The van der Waals surface area contributed by atoms with E-state index in [0.29, 0.717) is 6.61 Å². The number of nitrogens with zero attached hydrogens (tertiary/aromatic N) is 2. The summed E-state index contributed by atoms with van der Waals surface area (Å²) in [6.07, 6.45) is 2.25. The van der Waals surface area contributed by atoms with Gasteiger partial charge in [-0.1, -0.05) is 0 Å². The van der Waals surface area contributed by atoms with Crippen molar-refractivity contribution in [3.63, 3.8) is 0 Å². The van der Waals surface area contributed by atoms with Gasteiger partial charge in [0.25, 0.3) is 0 Å². The van der Waals surface area contributed by atoms with Gasteiger partial charge in [-0.3, -0.25) is 0 Å². The first-order valence-electron chi connectivity index (χ1n) is 5.96. The number of rotatable bonds is 2. The van der Waals surface area contributed by atoms with Crippen molar-refractivity contribution >= 4 is 0 Å². The maximum absolute atomic E-state index is 8.96. The zero-order chi connectivity index (χ0) is 12.5. The highest BCUT2D eigenvalue weighted by Crippen LogP contribution is 2.45. The predicted molar refractivity (Wildman–Crippen MR) is 60.8 cm³/mol. The van der Waals surface area contributed by atoms with E-state index >= 15 is 0 Å². The first-order valence-corrected chi connectivity index (χ1v) is 5.96. The Kier molecular flexibility index (Phi) is 3.19. The molecule has 0 spiro atoms. The molecule has 2 aliphatic heterocycles. The van der Waals surface area contributed by atoms with Gasteiger partial charge in [0.2, 0.25) is 0 Å². The Morgan fingerprint density at radius 3 is 2.82 bits per heavy atom. The Labute approximate surface area is 101 Å². The normalized spacial score (nSPS) is 35.2. The van der Waals surface area contributed by atoms with E-state index in [0.717, 1.165) is 24.8 Å². The Balaban J connectivity index is 2.33. The van der Waals surface area contributed by atoms with E-state index in [2.05, 4.69) is 6.92 Å². The minimum absolute atomic E-state index is 0.0146. The Hall–Kier alpha value is -1.36. The van der Waals surface area contributed by atoms with Crippen molar-refractivity contribution in [1.82, 2.24) is 0 Å². The average Bonchev–Trinajstić information content (AvgIpc) is 2.56. The standard InChI is InChI=1S/C13H16N2O2/c1-3-16-11-6-13(2)5-4-10(12(11)17-13)9(7-14)8-15/h11-12H,3-6H2,1-2H3/t11-,12-,13+/m1/s1. The van der Waals surface area contributed by atoms with E-state index in [1.807, 2.05) is 19.1 Å². The molecule has 2 heterocycles. The van der Waals surface area contributed by atoms with Gasteiger partial charge in [0.05, 0.1) is 11.7 Å². The van der Waals surface area contributed by atoms with E-state index in [1.165, 1.54) is 0 Å². The Morgan fingerprint density at radius 2 is 2.24 bits per heavy atom. The van der Waals surface area contributed by atoms with Gasteiger partial charge in [-0.05, 0) is 32.3 Å². The van der Waals surface area contributed by atoms with Gasteiger partial charge >= 0.3 is 0 Å². The summed E-state index contributed by atoms with van der Waals surface area (Å²) < 4.78 is 11.6. The number of hydrogen-bond donors (Lipinski definition) is 0. The average molecular weight is 232 g/mol. The first kappa shape index (κ1) is 12.1. The molecule has 4 heteroatoms. The van der Waals surface area contributed by atoms with Crippen LogP contribution in [0.15, 0.2) is 11.1 Å².